The van der Waals surface area contributed by atoms with Gasteiger partial charge in [-0.2, -0.15) is 13.2 Å². The second-order valence-corrected chi connectivity index (χ2v) is 4.78. The number of rotatable bonds is 2. The van der Waals surface area contributed by atoms with E-state index in [1.54, 1.807) is 12.1 Å². The van der Waals surface area contributed by atoms with Crippen LogP contribution < -0.4 is 0 Å². The average molecular weight is 291 g/mol. The molecule has 0 saturated heterocycles. The maximum absolute atomic E-state index is 12.3. The Morgan fingerprint density at radius 3 is 2.00 bits per heavy atom. The molecule has 0 atom stereocenters. The highest BCUT2D eigenvalue weighted by Crippen LogP contribution is 2.31. The van der Waals surface area contributed by atoms with Crippen molar-refractivity contribution < 1.29 is 13.2 Å². The summed E-state index contributed by atoms with van der Waals surface area (Å²) >= 11 is 6.84. The van der Waals surface area contributed by atoms with Gasteiger partial charge in [0, 0.05) is 12.4 Å². The lowest BCUT2D eigenvalue weighted by molar-refractivity contribution is -0.137. The first kappa shape index (κ1) is 13.2. The van der Waals surface area contributed by atoms with E-state index in [-0.39, 0.29) is 0 Å². The molecule has 0 fully saturated rings. The lowest BCUT2D eigenvalue weighted by Crippen LogP contribution is -2.05. The number of halogens is 4. The monoisotopic (exact) mass is 290 g/mol. The van der Waals surface area contributed by atoms with Crippen molar-refractivity contribution in [3.05, 3.63) is 47.2 Å². The van der Waals surface area contributed by atoms with Crippen LogP contribution in [-0.2, 0) is 6.18 Å². The number of hydrogen-bond donors (Lipinski definition) is 0. The Balaban J connectivity index is 2.13. The van der Waals surface area contributed by atoms with E-state index in [1.165, 1.54) is 24.0 Å². The molecule has 2 heterocycles. The van der Waals surface area contributed by atoms with Gasteiger partial charge in [-0.25, -0.2) is 9.97 Å². The van der Waals surface area contributed by atoms with Crippen molar-refractivity contribution in [1.29, 1.82) is 0 Å². The van der Waals surface area contributed by atoms with Crippen LogP contribution in [0.2, 0.25) is 5.02 Å². The molecule has 0 radical (unpaired) electrons. The third-order valence-corrected chi connectivity index (χ3v) is 3.10. The molecular weight excluding hydrogens is 285 g/mol. The van der Waals surface area contributed by atoms with Crippen LogP contribution >= 0.6 is 23.4 Å². The minimum atomic E-state index is -4.37. The standard InChI is InChI=1S/C11H6ClF3N2S/c12-8-2-4-10(17-6-8)18-9-3-1-7(5-16-9)11(13,14)15/h1-6H. The number of hydrogen-bond acceptors (Lipinski definition) is 3. The van der Waals surface area contributed by atoms with Crippen molar-refractivity contribution in [2.24, 2.45) is 0 Å². The van der Waals surface area contributed by atoms with Gasteiger partial charge in [0.1, 0.15) is 10.1 Å². The third-order valence-electron chi connectivity index (χ3n) is 1.97. The van der Waals surface area contributed by atoms with Crippen molar-refractivity contribution >= 4 is 23.4 Å². The Morgan fingerprint density at radius 1 is 0.944 bits per heavy atom. The molecule has 2 aromatic rings. The number of aromatic nitrogens is 2. The van der Waals surface area contributed by atoms with Crippen LogP contribution in [-0.4, -0.2) is 9.97 Å². The van der Waals surface area contributed by atoms with Crippen LogP contribution in [0.1, 0.15) is 5.56 Å². The van der Waals surface area contributed by atoms with E-state index in [0.717, 1.165) is 12.3 Å². The Labute approximate surface area is 110 Å². The maximum Gasteiger partial charge on any atom is 0.417 e. The minimum absolute atomic E-state index is 0.442. The first-order chi connectivity index (χ1) is 8.45. The number of nitrogens with zero attached hydrogens (tertiary/aromatic N) is 2. The minimum Gasteiger partial charge on any atom is -0.249 e. The molecule has 7 heteroatoms. The molecule has 0 aliphatic heterocycles. The van der Waals surface area contributed by atoms with Crippen LogP contribution in [0.3, 0.4) is 0 Å². The van der Waals surface area contributed by atoms with E-state index in [2.05, 4.69) is 9.97 Å². The first-order valence-electron chi connectivity index (χ1n) is 4.78. The van der Waals surface area contributed by atoms with Crippen LogP contribution in [0.5, 0.6) is 0 Å². The Kier molecular flexibility index (Phi) is 3.77. The zero-order valence-corrected chi connectivity index (χ0v) is 10.4. The van der Waals surface area contributed by atoms with Gasteiger partial charge in [0.2, 0.25) is 0 Å². The largest absolute Gasteiger partial charge is 0.417 e. The average Bonchev–Trinajstić information content (AvgIpc) is 2.32. The van der Waals surface area contributed by atoms with E-state index in [1.807, 2.05) is 0 Å². The Bertz CT molecular complexity index is 525. The molecule has 0 aliphatic carbocycles. The molecule has 2 rings (SSSR count). The lowest BCUT2D eigenvalue weighted by atomic mass is 10.3. The highest BCUT2D eigenvalue weighted by molar-refractivity contribution is 7.99. The third kappa shape index (κ3) is 3.36. The molecule has 94 valence electrons. The van der Waals surface area contributed by atoms with Crippen LogP contribution in [0.4, 0.5) is 13.2 Å². The van der Waals surface area contributed by atoms with Gasteiger partial charge in [0.25, 0.3) is 0 Å². The van der Waals surface area contributed by atoms with Crippen LogP contribution in [0.25, 0.3) is 0 Å². The Hall–Kier alpha value is -1.27. The first-order valence-corrected chi connectivity index (χ1v) is 5.97. The van der Waals surface area contributed by atoms with E-state index in [4.69, 9.17) is 11.6 Å². The van der Waals surface area contributed by atoms with Gasteiger partial charge in [-0.05, 0) is 24.3 Å². The predicted octanol–water partition coefficient (Wildman–Crippen LogP) is 4.30. The summed E-state index contributed by atoms with van der Waals surface area (Å²) in [6, 6.07) is 5.63. The van der Waals surface area contributed by atoms with Gasteiger partial charge in [-0.15, -0.1) is 0 Å². The summed E-state index contributed by atoms with van der Waals surface area (Å²) < 4.78 is 37.0. The van der Waals surface area contributed by atoms with Crippen molar-refractivity contribution in [3.8, 4) is 0 Å². The SMILES string of the molecule is FC(F)(F)c1ccc(Sc2ccc(Cl)cn2)nc1. The lowest BCUT2D eigenvalue weighted by Gasteiger charge is -2.06. The topological polar surface area (TPSA) is 25.8 Å². The summed E-state index contributed by atoms with van der Waals surface area (Å²) in [5, 5.41) is 1.56. The van der Waals surface area contributed by atoms with E-state index in [0.29, 0.717) is 15.1 Å². The summed E-state index contributed by atoms with van der Waals surface area (Å²) in [5.41, 5.74) is -0.768. The maximum atomic E-state index is 12.3. The van der Waals surface area contributed by atoms with E-state index < -0.39 is 11.7 Å². The van der Waals surface area contributed by atoms with Crippen molar-refractivity contribution in [2.45, 2.75) is 16.2 Å². The molecule has 18 heavy (non-hydrogen) atoms. The highest BCUT2D eigenvalue weighted by atomic mass is 35.5. The quantitative estimate of drug-likeness (QED) is 0.824. The van der Waals surface area contributed by atoms with Gasteiger partial charge in [0.15, 0.2) is 0 Å². The molecule has 2 nitrogen and oxygen atoms in total. The van der Waals surface area contributed by atoms with Gasteiger partial charge in [-0.1, -0.05) is 23.4 Å². The van der Waals surface area contributed by atoms with E-state index >= 15 is 0 Å². The van der Waals surface area contributed by atoms with Gasteiger partial charge in [0.05, 0.1) is 10.6 Å². The molecule has 0 saturated carbocycles. The summed E-state index contributed by atoms with van der Waals surface area (Å²) in [4.78, 5) is 7.75. The molecule has 2 aromatic heterocycles. The molecule has 0 N–H and O–H groups in total. The summed E-state index contributed by atoms with van der Waals surface area (Å²) in [5.74, 6) is 0. The van der Waals surface area contributed by atoms with Crippen LogP contribution in [0, 0.1) is 0 Å². The fourth-order valence-electron chi connectivity index (χ4n) is 1.14. The van der Waals surface area contributed by atoms with Crippen LogP contribution in [0.15, 0.2) is 46.7 Å². The Morgan fingerprint density at radius 2 is 1.56 bits per heavy atom. The molecule has 0 amide bonds. The van der Waals surface area contributed by atoms with E-state index in [9.17, 15) is 13.2 Å². The predicted molar refractivity (Wildman–Crippen MR) is 62.6 cm³/mol. The van der Waals surface area contributed by atoms with Crippen molar-refractivity contribution in [1.82, 2.24) is 9.97 Å². The number of pyridine rings is 2. The fraction of sp³-hybridized carbons (Fsp3) is 0.0909. The van der Waals surface area contributed by atoms with Crippen molar-refractivity contribution in [2.75, 3.05) is 0 Å². The second kappa shape index (κ2) is 5.16. The molecule has 0 aliphatic rings. The van der Waals surface area contributed by atoms with Gasteiger partial charge in [-0.3, -0.25) is 0 Å². The normalized spacial score (nSPS) is 11.6. The summed E-state index contributed by atoms with van der Waals surface area (Å²) in [7, 11) is 0. The molecule has 0 aromatic carbocycles. The zero-order chi connectivity index (χ0) is 13.2. The molecular formula is C11H6ClF3N2S. The molecule has 0 bridgehead atoms. The smallest absolute Gasteiger partial charge is 0.249 e. The summed E-state index contributed by atoms with van der Waals surface area (Å²) in [6.45, 7) is 0. The number of alkyl halides is 3. The second-order valence-electron chi connectivity index (χ2n) is 3.30. The zero-order valence-electron chi connectivity index (χ0n) is 8.78. The highest BCUT2D eigenvalue weighted by Gasteiger charge is 2.30. The van der Waals surface area contributed by atoms with Crippen molar-refractivity contribution in [3.63, 3.8) is 0 Å². The molecule has 0 spiro atoms. The molecule has 0 unspecified atom stereocenters. The fourth-order valence-corrected chi connectivity index (χ4v) is 1.95. The summed E-state index contributed by atoms with van der Waals surface area (Å²) in [6.07, 6.45) is -2.10. The van der Waals surface area contributed by atoms with Gasteiger partial charge < -0.3 is 0 Å². The van der Waals surface area contributed by atoms with Gasteiger partial charge >= 0.3 is 6.18 Å².